The third-order valence-electron chi connectivity index (χ3n) is 3.96. The lowest BCUT2D eigenvalue weighted by Gasteiger charge is -2.36. The summed E-state index contributed by atoms with van der Waals surface area (Å²) in [7, 11) is 1.70. The van der Waals surface area contributed by atoms with Gasteiger partial charge in [0.05, 0.1) is 13.2 Å². The molecule has 1 saturated carbocycles. The normalized spacial score (nSPS) is 23.7. The first-order chi connectivity index (χ1) is 9.19. The molecule has 106 valence electrons. The van der Waals surface area contributed by atoms with Crippen LogP contribution in [-0.4, -0.2) is 30.9 Å². The summed E-state index contributed by atoms with van der Waals surface area (Å²) in [4.78, 5) is 0. The molecule has 0 aliphatic heterocycles. The molecule has 1 unspecified atom stereocenters. The first kappa shape index (κ1) is 14.4. The van der Waals surface area contributed by atoms with E-state index < -0.39 is 0 Å². The van der Waals surface area contributed by atoms with Crippen molar-refractivity contribution < 1.29 is 9.84 Å². The highest BCUT2D eigenvalue weighted by atomic mass is 16.5. The predicted octanol–water partition coefficient (Wildman–Crippen LogP) is 2.69. The Labute approximate surface area is 116 Å². The van der Waals surface area contributed by atoms with Crippen LogP contribution in [0.15, 0.2) is 24.3 Å². The van der Waals surface area contributed by atoms with Crippen molar-refractivity contribution in [1.82, 2.24) is 5.32 Å². The SMILES string of the molecule is COc1ccc(C2CC(NCCCC(C)O)C2)cc1. The topological polar surface area (TPSA) is 41.5 Å². The predicted molar refractivity (Wildman–Crippen MR) is 77.7 cm³/mol. The van der Waals surface area contributed by atoms with Gasteiger partial charge in [-0.2, -0.15) is 0 Å². The summed E-state index contributed by atoms with van der Waals surface area (Å²) in [6.45, 7) is 2.87. The number of hydrogen-bond donors (Lipinski definition) is 2. The van der Waals surface area contributed by atoms with Crippen LogP contribution in [0, 0.1) is 0 Å². The number of hydrogen-bond acceptors (Lipinski definition) is 3. The van der Waals surface area contributed by atoms with E-state index in [2.05, 4.69) is 17.4 Å². The van der Waals surface area contributed by atoms with Gasteiger partial charge in [-0.1, -0.05) is 12.1 Å². The average Bonchev–Trinajstić information content (AvgIpc) is 2.36. The Morgan fingerprint density at radius 1 is 1.32 bits per heavy atom. The van der Waals surface area contributed by atoms with Crippen molar-refractivity contribution in [2.24, 2.45) is 0 Å². The fourth-order valence-electron chi connectivity index (χ4n) is 2.64. The molecule has 0 spiro atoms. The fourth-order valence-corrected chi connectivity index (χ4v) is 2.64. The molecule has 1 aliphatic carbocycles. The van der Waals surface area contributed by atoms with Crippen LogP contribution >= 0.6 is 0 Å². The van der Waals surface area contributed by atoms with Crippen LogP contribution in [0.5, 0.6) is 5.75 Å². The summed E-state index contributed by atoms with van der Waals surface area (Å²) in [6, 6.07) is 9.08. The van der Waals surface area contributed by atoms with Gasteiger partial charge in [0.2, 0.25) is 0 Å². The Bertz CT molecular complexity index is 369. The summed E-state index contributed by atoms with van der Waals surface area (Å²) in [6.07, 6.45) is 4.22. The van der Waals surface area contributed by atoms with Crippen LogP contribution in [0.25, 0.3) is 0 Å². The molecule has 0 saturated heterocycles. The van der Waals surface area contributed by atoms with E-state index in [9.17, 15) is 5.11 Å². The van der Waals surface area contributed by atoms with Gasteiger partial charge in [-0.3, -0.25) is 0 Å². The minimum absolute atomic E-state index is 0.171. The van der Waals surface area contributed by atoms with E-state index in [4.69, 9.17) is 4.74 Å². The van der Waals surface area contributed by atoms with E-state index in [1.807, 2.05) is 19.1 Å². The van der Waals surface area contributed by atoms with Gasteiger partial charge in [0, 0.05) is 6.04 Å². The number of methoxy groups -OCH3 is 1. The quantitative estimate of drug-likeness (QED) is 0.743. The molecule has 3 nitrogen and oxygen atoms in total. The molecule has 0 amide bonds. The Morgan fingerprint density at radius 2 is 2.00 bits per heavy atom. The lowest BCUT2D eigenvalue weighted by molar-refractivity contribution is 0.179. The molecule has 1 aliphatic rings. The number of aliphatic hydroxyl groups is 1. The zero-order valence-corrected chi connectivity index (χ0v) is 11.9. The van der Waals surface area contributed by atoms with Gasteiger partial charge in [0.1, 0.15) is 5.75 Å². The van der Waals surface area contributed by atoms with Crippen LogP contribution in [-0.2, 0) is 0 Å². The van der Waals surface area contributed by atoms with Crippen LogP contribution in [0.2, 0.25) is 0 Å². The Kier molecular flexibility index (Phi) is 5.23. The number of aliphatic hydroxyl groups excluding tert-OH is 1. The van der Waals surface area contributed by atoms with E-state index in [0.29, 0.717) is 12.0 Å². The highest BCUT2D eigenvalue weighted by Crippen LogP contribution is 2.37. The first-order valence-electron chi connectivity index (χ1n) is 7.24. The van der Waals surface area contributed by atoms with Crippen molar-refractivity contribution in [3.8, 4) is 5.75 Å². The van der Waals surface area contributed by atoms with Gasteiger partial charge in [-0.15, -0.1) is 0 Å². The molecule has 0 aromatic heterocycles. The van der Waals surface area contributed by atoms with Gasteiger partial charge in [-0.05, 0) is 62.8 Å². The number of rotatable bonds is 7. The zero-order valence-electron chi connectivity index (χ0n) is 11.9. The van der Waals surface area contributed by atoms with E-state index >= 15 is 0 Å². The lowest BCUT2D eigenvalue weighted by atomic mass is 9.76. The molecule has 1 fully saturated rings. The van der Waals surface area contributed by atoms with Crippen molar-refractivity contribution >= 4 is 0 Å². The first-order valence-corrected chi connectivity index (χ1v) is 7.24. The van der Waals surface area contributed by atoms with Crippen molar-refractivity contribution in [1.29, 1.82) is 0 Å². The van der Waals surface area contributed by atoms with Crippen molar-refractivity contribution in [2.75, 3.05) is 13.7 Å². The summed E-state index contributed by atoms with van der Waals surface area (Å²) in [5.41, 5.74) is 1.42. The molecular weight excluding hydrogens is 238 g/mol. The summed E-state index contributed by atoms with van der Waals surface area (Å²) < 4.78 is 5.17. The largest absolute Gasteiger partial charge is 0.497 e. The fraction of sp³-hybridized carbons (Fsp3) is 0.625. The van der Waals surface area contributed by atoms with Gasteiger partial charge >= 0.3 is 0 Å². The Balaban J connectivity index is 1.65. The second kappa shape index (κ2) is 6.92. The third kappa shape index (κ3) is 4.22. The van der Waals surface area contributed by atoms with Gasteiger partial charge in [-0.25, -0.2) is 0 Å². The molecule has 0 heterocycles. The summed E-state index contributed by atoms with van der Waals surface area (Å²) in [5.74, 6) is 1.62. The maximum atomic E-state index is 9.18. The maximum Gasteiger partial charge on any atom is 0.118 e. The van der Waals surface area contributed by atoms with Crippen molar-refractivity contribution in [3.63, 3.8) is 0 Å². The molecule has 3 heteroatoms. The number of nitrogens with one attached hydrogen (secondary N) is 1. The van der Waals surface area contributed by atoms with E-state index in [-0.39, 0.29) is 6.10 Å². The van der Waals surface area contributed by atoms with E-state index in [0.717, 1.165) is 25.1 Å². The lowest BCUT2D eigenvalue weighted by Crippen LogP contribution is -2.40. The molecule has 0 bridgehead atoms. The summed E-state index contributed by atoms with van der Waals surface area (Å²) in [5, 5.41) is 12.7. The molecule has 0 radical (unpaired) electrons. The van der Waals surface area contributed by atoms with Gasteiger partial charge < -0.3 is 15.2 Å². The van der Waals surface area contributed by atoms with E-state index in [1.165, 1.54) is 18.4 Å². The number of ether oxygens (including phenoxy) is 1. The Hall–Kier alpha value is -1.06. The van der Waals surface area contributed by atoms with Crippen LogP contribution in [0.3, 0.4) is 0 Å². The molecule has 1 aromatic carbocycles. The second-order valence-corrected chi connectivity index (χ2v) is 5.58. The number of benzene rings is 1. The monoisotopic (exact) mass is 263 g/mol. The minimum atomic E-state index is -0.171. The van der Waals surface area contributed by atoms with Gasteiger partial charge in [0.15, 0.2) is 0 Å². The molecule has 19 heavy (non-hydrogen) atoms. The highest BCUT2D eigenvalue weighted by molar-refractivity contribution is 5.30. The van der Waals surface area contributed by atoms with Crippen LogP contribution in [0.4, 0.5) is 0 Å². The Morgan fingerprint density at radius 3 is 2.58 bits per heavy atom. The molecular formula is C16H25NO2. The molecule has 1 aromatic rings. The second-order valence-electron chi connectivity index (χ2n) is 5.58. The summed E-state index contributed by atoms with van der Waals surface area (Å²) >= 11 is 0. The van der Waals surface area contributed by atoms with Crippen molar-refractivity contribution in [3.05, 3.63) is 29.8 Å². The van der Waals surface area contributed by atoms with E-state index in [1.54, 1.807) is 7.11 Å². The van der Waals surface area contributed by atoms with Crippen LogP contribution in [0.1, 0.15) is 44.1 Å². The minimum Gasteiger partial charge on any atom is -0.497 e. The smallest absolute Gasteiger partial charge is 0.118 e. The van der Waals surface area contributed by atoms with Crippen LogP contribution < -0.4 is 10.1 Å². The molecule has 2 rings (SSSR count). The molecule has 2 N–H and O–H groups in total. The van der Waals surface area contributed by atoms with Gasteiger partial charge in [0.25, 0.3) is 0 Å². The standard InChI is InChI=1S/C16H25NO2/c1-12(18)4-3-9-17-15-10-14(11-15)13-5-7-16(19-2)8-6-13/h5-8,12,14-15,17-18H,3-4,9-11H2,1-2H3. The van der Waals surface area contributed by atoms with Crippen molar-refractivity contribution in [2.45, 2.75) is 50.7 Å². The third-order valence-corrected chi connectivity index (χ3v) is 3.96. The highest BCUT2D eigenvalue weighted by Gasteiger charge is 2.29. The maximum absolute atomic E-state index is 9.18. The molecule has 1 atom stereocenters. The zero-order chi connectivity index (χ0) is 13.7. The average molecular weight is 263 g/mol.